The van der Waals surface area contributed by atoms with Crippen molar-refractivity contribution in [1.29, 1.82) is 0 Å². The van der Waals surface area contributed by atoms with E-state index in [4.69, 9.17) is 0 Å². The summed E-state index contributed by atoms with van der Waals surface area (Å²) in [6, 6.07) is 14.5. The van der Waals surface area contributed by atoms with Crippen LogP contribution in [-0.4, -0.2) is 5.91 Å². The zero-order chi connectivity index (χ0) is 16.4. The quantitative estimate of drug-likeness (QED) is 0.684. The molecule has 1 heterocycles. The van der Waals surface area contributed by atoms with Gasteiger partial charge in [-0.3, -0.25) is 4.79 Å². The van der Waals surface area contributed by atoms with Crippen molar-refractivity contribution in [3.63, 3.8) is 0 Å². The van der Waals surface area contributed by atoms with E-state index >= 15 is 0 Å². The van der Waals surface area contributed by atoms with Crippen LogP contribution in [0.2, 0.25) is 0 Å². The molecule has 0 unspecified atom stereocenters. The predicted molar refractivity (Wildman–Crippen MR) is 93.6 cm³/mol. The third-order valence-electron chi connectivity index (χ3n) is 3.71. The van der Waals surface area contributed by atoms with Gasteiger partial charge < -0.3 is 5.32 Å². The number of carbonyl (C=O) groups excluding carboxylic acids is 1. The topological polar surface area (TPSA) is 29.1 Å². The fourth-order valence-corrected chi connectivity index (χ4v) is 3.32. The van der Waals surface area contributed by atoms with Gasteiger partial charge in [0.05, 0.1) is 5.56 Å². The summed E-state index contributed by atoms with van der Waals surface area (Å²) in [6.07, 6.45) is 0. The third-order valence-corrected chi connectivity index (χ3v) is 4.62. The van der Waals surface area contributed by atoms with E-state index in [1.165, 1.54) is 17.4 Å². The molecule has 0 aliphatic heterocycles. The number of carbonyl (C=O) groups is 1. The summed E-state index contributed by atoms with van der Waals surface area (Å²) >= 11 is 1.54. The molecule has 1 aromatic heterocycles. The zero-order valence-electron chi connectivity index (χ0n) is 12.9. The fraction of sp³-hybridized carbons (Fsp3) is 0.105. The van der Waals surface area contributed by atoms with Crippen molar-refractivity contribution in [2.45, 2.75) is 13.8 Å². The summed E-state index contributed by atoms with van der Waals surface area (Å²) in [5.41, 5.74) is 3.56. The summed E-state index contributed by atoms with van der Waals surface area (Å²) in [7, 11) is 0. The highest BCUT2D eigenvalue weighted by atomic mass is 32.1. The van der Waals surface area contributed by atoms with Gasteiger partial charge in [0.2, 0.25) is 0 Å². The van der Waals surface area contributed by atoms with E-state index in [-0.39, 0.29) is 11.7 Å². The Bertz CT molecular complexity index is 855. The molecule has 4 heteroatoms. The Morgan fingerprint density at radius 3 is 2.52 bits per heavy atom. The summed E-state index contributed by atoms with van der Waals surface area (Å²) < 4.78 is 13.6. The number of hydrogen-bond acceptors (Lipinski definition) is 2. The van der Waals surface area contributed by atoms with Crippen molar-refractivity contribution in [2.75, 3.05) is 5.32 Å². The van der Waals surface area contributed by atoms with Gasteiger partial charge in [-0.15, -0.1) is 11.3 Å². The number of thiophene rings is 1. The minimum Gasteiger partial charge on any atom is -0.322 e. The summed E-state index contributed by atoms with van der Waals surface area (Å²) in [4.78, 5) is 13.7. The van der Waals surface area contributed by atoms with Gasteiger partial charge in [-0.2, -0.15) is 0 Å². The molecule has 0 aliphatic rings. The molecule has 0 saturated heterocycles. The largest absolute Gasteiger partial charge is 0.322 e. The second kappa shape index (κ2) is 6.34. The molecule has 3 aromatic rings. The Hall–Kier alpha value is -2.46. The van der Waals surface area contributed by atoms with Crippen LogP contribution in [0.5, 0.6) is 0 Å². The molecule has 0 spiro atoms. The molecule has 3 rings (SSSR count). The first kappa shape index (κ1) is 15.4. The molecule has 2 aromatic carbocycles. The molecule has 0 aliphatic carbocycles. The monoisotopic (exact) mass is 325 g/mol. The maximum atomic E-state index is 13.6. The van der Waals surface area contributed by atoms with Gasteiger partial charge in [-0.25, -0.2) is 4.39 Å². The van der Waals surface area contributed by atoms with E-state index < -0.39 is 0 Å². The number of anilines is 1. The van der Waals surface area contributed by atoms with Gasteiger partial charge in [0.1, 0.15) is 5.82 Å². The Kier molecular flexibility index (Phi) is 4.26. The zero-order valence-corrected chi connectivity index (χ0v) is 13.7. The van der Waals surface area contributed by atoms with Crippen LogP contribution < -0.4 is 5.32 Å². The molecule has 1 amide bonds. The highest BCUT2D eigenvalue weighted by Gasteiger charge is 2.17. The SMILES string of the molecule is Cc1ccc(NC(=O)c2csc(C)c2-c2ccccc2)cc1F. The lowest BCUT2D eigenvalue weighted by molar-refractivity contribution is 0.102. The van der Waals surface area contributed by atoms with E-state index in [0.717, 1.165) is 16.0 Å². The van der Waals surface area contributed by atoms with Crippen molar-refractivity contribution >= 4 is 22.9 Å². The first-order valence-corrected chi connectivity index (χ1v) is 8.15. The number of amides is 1. The molecule has 23 heavy (non-hydrogen) atoms. The number of rotatable bonds is 3. The van der Waals surface area contributed by atoms with Crippen molar-refractivity contribution in [2.24, 2.45) is 0 Å². The van der Waals surface area contributed by atoms with Crippen LogP contribution in [0.4, 0.5) is 10.1 Å². The number of nitrogens with one attached hydrogen (secondary N) is 1. The van der Waals surface area contributed by atoms with Crippen LogP contribution in [0.25, 0.3) is 11.1 Å². The van der Waals surface area contributed by atoms with Gasteiger partial charge in [0, 0.05) is 21.5 Å². The predicted octanol–water partition coefficient (Wildman–Crippen LogP) is 5.42. The van der Waals surface area contributed by atoms with Gasteiger partial charge in [-0.05, 0) is 37.1 Å². The summed E-state index contributed by atoms with van der Waals surface area (Å²) in [5.74, 6) is -0.552. The molecule has 2 nitrogen and oxygen atoms in total. The number of aryl methyl sites for hydroxylation is 2. The maximum Gasteiger partial charge on any atom is 0.257 e. The van der Waals surface area contributed by atoms with E-state index in [1.807, 2.05) is 42.6 Å². The smallest absolute Gasteiger partial charge is 0.257 e. The summed E-state index contributed by atoms with van der Waals surface area (Å²) in [6.45, 7) is 3.69. The van der Waals surface area contributed by atoms with Crippen LogP contribution in [0, 0.1) is 19.7 Å². The highest BCUT2D eigenvalue weighted by Crippen LogP contribution is 2.32. The molecule has 0 atom stereocenters. The van der Waals surface area contributed by atoms with Gasteiger partial charge in [-0.1, -0.05) is 36.4 Å². The standard InChI is InChI=1S/C19H16FNOS/c1-12-8-9-15(10-17(12)20)21-19(22)16-11-23-13(2)18(16)14-6-4-3-5-7-14/h3-11H,1-2H3,(H,21,22). The number of hydrogen-bond donors (Lipinski definition) is 1. The van der Waals surface area contributed by atoms with E-state index in [1.54, 1.807) is 19.1 Å². The van der Waals surface area contributed by atoms with Crippen LogP contribution in [-0.2, 0) is 0 Å². The second-order valence-corrected chi connectivity index (χ2v) is 6.45. The third kappa shape index (κ3) is 3.17. The van der Waals surface area contributed by atoms with E-state index in [9.17, 15) is 9.18 Å². The normalized spacial score (nSPS) is 10.6. The van der Waals surface area contributed by atoms with Crippen LogP contribution in [0.1, 0.15) is 20.8 Å². The van der Waals surface area contributed by atoms with E-state index in [0.29, 0.717) is 16.8 Å². The Balaban J connectivity index is 1.93. The average Bonchev–Trinajstić information content (AvgIpc) is 2.93. The highest BCUT2D eigenvalue weighted by molar-refractivity contribution is 7.10. The minimum absolute atomic E-state index is 0.226. The molecule has 116 valence electrons. The van der Waals surface area contributed by atoms with Crippen LogP contribution in [0.15, 0.2) is 53.9 Å². The first-order valence-electron chi connectivity index (χ1n) is 7.27. The van der Waals surface area contributed by atoms with Crippen LogP contribution >= 0.6 is 11.3 Å². The number of benzene rings is 2. The van der Waals surface area contributed by atoms with Crippen LogP contribution in [0.3, 0.4) is 0 Å². The molecule has 0 saturated carbocycles. The van der Waals surface area contributed by atoms with Gasteiger partial charge in [0.25, 0.3) is 5.91 Å². The molecule has 0 fully saturated rings. The van der Waals surface area contributed by atoms with Gasteiger partial charge in [0.15, 0.2) is 0 Å². The van der Waals surface area contributed by atoms with Crippen molar-refractivity contribution in [3.8, 4) is 11.1 Å². The van der Waals surface area contributed by atoms with Crippen molar-refractivity contribution in [1.82, 2.24) is 0 Å². The Morgan fingerprint density at radius 2 is 1.83 bits per heavy atom. The average molecular weight is 325 g/mol. The molecular weight excluding hydrogens is 309 g/mol. The lowest BCUT2D eigenvalue weighted by Gasteiger charge is -2.08. The lowest BCUT2D eigenvalue weighted by atomic mass is 10.0. The van der Waals surface area contributed by atoms with Gasteiger partial charge >= 0.3 is 0 Å². The molecule has 1 N–H and O–H groups in total. The molecule has 0 radical (unpaired) electrons. The minimum atomic E-state index is -0.326. The molecule has 0 bridgehead atoms. The molecular formula is C19H16FNOS. The summed E-state index contributed by atoms with van der Waals surface area (Å²) in [5, 5.41) is 4.62. The fourth-order valence-electron chi connectivity index (χ4n) is 2.45. The van der Waals surface area contributed by atoms with Crippen molar-refractivity contribution in [3.05, 3.63) is 75.7 Å². The van der Waals surface area contributed by atoms with E-state index in [2.05, 4.69) is 5.32 Å². The maximum absolute atomic E-state index is 13.6. The number of halogens is 1. The Labute approximate surface area is 138 Å². The first-order chi connectivity index (χ1) is 11.1. The second-order valence-electron chi connectivity index (χ2n) is 5.36. The lowest BCUT2D eigenvalue weighted by Crippen LogP contribution is -2.12. The van der Waals surface area contributed by atoms with Crippen molar-refractivity contribution < 1.29 is 9.18 Å². The Morgan fingerprint density at radius 1 is 1.09 bits per heavy atom.